The highest BCUT2D eigenvalue weighted by molar-refractivity contribution is 5.53. The van der Waals surface area contributed by atoms with Gasteiger partial charge in [0.25, 0.3) is 0 Å². The molecule has 0 spiro atoms. The molecule has 4 rings (SSSR count). The summed E-state index contributed by atoms with van der Waals surface area (Å²) in [4.78, 5) is 2.58. The van der Waals surface area contributed by atoms with Crippen molar-refractivity contribution in [2.45, 2.75) is 19.8 Å². The summed E-state index contributed by atoms with van der Waals surface area (Å²) in [5.41, 5.74) is 2.88. The van der Waals surface area contributed by atoms with E-state index in [-0.39, 0.29) is 0 Å². The van der Waals surface area contributed by atoms with Gasteiger partial charge in [-0.3, -0.25) is 0 Å². The van der Waals surface area contributed by atoms with Gasteiger partial charge >= 0.3 is 0 Å². The zero-order valence-corrected chi connectivity index (χ0v) is 8.74. The number of benzene rings is 1. The normalized spacial score (nSPS) is 29.9. The highest BCUT2D eigenvalue weighted by Crippen LogP contribution is 2.41. The molecule has 1 aliphatic carbocycles. The van der Waals surface area contributed by atoms with Crippen LogP contribution in [0.2, 0.25) is 0 Å². The number of hydrogen-bond donors (Lipinski definition) is 0. The molecule has 0 N–H and O–H groups in total. The Morgan fingerprint density at radius 2 is 1.71 bits per heavy atom. The van der Waals surface area contributed by atoms with Crippen LogP contribution in [0.15, 0.2) is 24.3 Å². The lowest BCUT2D eigenvalue weighted by Gasteiger charge is -2.48. The third-order valence-corrected chi connectivity index (χ3v) is 3.75. The van der Waals surface area contributed by atoms with Crippen molar-refractivity contribution < 1.29 is 0 Å². The molecular formula is C13H17N. The number of nitrogens with zero attached hydrogens (tertiary/aromatic N) is 1. The third kappa shape index (κ3) is 1.23. The molecule has 0 radical (unpaired) electrons. The maximum absolute atomic E-state index is 2.58. The molecule has 0 aromatic heterocycles. The summed E-state index contributed by atoms with van der Waals surface area (Å²) in [6.07, 6.45) is 2.98. The van der Waals surface area contributed by atoms with Crippen LogP contribution in [0.3, 0.4) is 0 Å². The Morgan fingerprint density at radius 3 is 2.36 bits per heavy atom. The van der Waals surface area contributed by atoms with Crippen molar-refractivity contribution in [1.82, 2.24) is 0 Å². The maximum Gasteiger partial charge on any atom is 0.0396 e. The molecular weight excluding hydrogens is 170 g/mol. The van der Waals surface area contributed by atoms with Crippen molar-refractivity contribution in [3.8, 4) is 0 Å². The molecule has 2 saturated heterocycles. The van der Waals surface area contributed by atoms with Gasteiger partial charge in [0.05, 0.1) is 0 Å². The Labute approximate surface area is 85.7 Å². The molecule has 1 aromatic rings. The van der Waals surface area contributed by atoms with Crippen molar-refractivity contribution in [3.63, 3.8) is 0 Å². The van der Waals surface area contributed by atoms with E-state index in [1.54, 1.807) is 0 Å². The fourth-order valence-electron chi connectivity index (χ4n) is 2.98. The van der Waals surface area contributed by atoms with Gasteiger partial charge in [0, 0.05) is 18.8 Å². The molecule has 0 unspecified atom stereocenters. The predicted octanol–water partition coefficient (Wildman–Crippen LogP) is 2.84. The summed E-state index contributed by atoms with van der Waals surface area (Å²) in [7, 11) is 0. The maximum atomic E-state index is 2.58. The Bertz CT molecular complexity index is 329. The zero-order chi connectivity index (χ0) is 9.54. The Balaban J connectivity index is 1.85. The molecule has 2 aliphatic heterocycles. The number of para-hydroxylation sites is 1. The van der Waals surface area contributed by atoms with Crippen molar-refractivity contribution in [3.05, 3.63) is 29.8 Å². The summed E-state index contributed by atoms with van der Waals surface area (Å²) < 4.78 is 0. The molecule has 74 valence electrons. The van der Waals surface area contributed by atoms with E-state index in [2.05, 4.69) is 36.1 Å². The van der Waals surface area contributed by atoms with Crippen molar-refractivity contribution in [2.24, 2.45) is 11.8 Å². The van der Waals surface area contributed by atoms with Gasteiger partial charge in [0.2, 0.25) is 0 Å². The Hall–Kier alpha value is -0.980. The first-order valence-corrected chi connectivity index (χ1v) is 5.63. The van der Waals surface area contributed by atoms with Crippen LogP contribution in [0.25, 0.3) is 0 Å². The molecule has 3 aliphatic rings. The molecule has 3 fully saturated rings. The summed E-state index contributed by atoms with van der Waals surface area (Å²) in [6.45, 7) is 4.80. The highest BCUT2D eigenvalue weighted by atomic mass is 15.2. The molecule has 1 nitrogen and oxygen atoms in total. The number of hydrogen-bond acceptors (Lipinski definition) is 1. The standard InChI is InChI=1S/C13H17N/c1-10-4-2-3-5-13(10)14-8-11-6-12(7-11)9-14/h2-5,11-12H,6-9H2,1H3. The SMILES string of the molecule is Cc1ccccc1N1CC2CC(C2)C1. The summed E-state index contributed by atoms with van der Waals surface area (Å²) in [5, 5.41) is 0. The highest BCUT2D eigenvalue weighted by Gasteiger charge is 2.37. The van der Waals surface area contributed by atoms with Gasteiger partial charge in [-0.1, -0.05) is 18.2 Å². The molecule has 2 heterocycles. The van der Waals surface area contributed by atoms with E-state index in [1.165, 1.54) is 37.2 Å². The molecule has 14 heavy (non-hydrogen) atoms. The van der Waals surface area contributed by atoms with E-state index in [9.17, 15) is 0 Å². The van der Waals surface area contributed by atoms with E-state index in [0.29, 0.717) is 0 Å². The predicted molar refractivity (Wildman–Crippen MR) is 59.6 cm³/mol. The van der Waals surface area contributed by atoms with Gasteiger partial charge in [-0.2, -0.15) is 0 Å². The molecule has 2 bridgehead atoms. The lowest BCUT2D eigenvalue weighted by molar-refractivity contribution is 0.159. The summed E-state index contributed by atoms with van der Waals surface area (Å²) in [5.74, 6) is 1.99. The number of piperidine rings is 2. The number of rotatable bonds is 1. The minimum absolute atomic E-state index is 0.994. The van der Waals surface area contributed by atoms with Crippen LogP contribution in [0.5, 0.6) is 0 Å². The third-order valence-electron chi connectivity index (χ3n) is 3.75. The largest absolute Gasteiger partial charge is 0.371 e. The molecule has 1 saturated carbocycles. The van der Waals surface area contributed by atoms with Crippen molar-refractivity contribution in [1.29, 1.82) is 0 Å². The molecule has 0 amide bonds. The van der Waals surface area contributed by atoms with Crippen LogP contribution in [-0.4, -0.2) is 13.1 Å². The number of anilines is 1. The van der Waals surface area contributed by atoms with Gasteiger partial charge < -0.3 is 4.90 Å². The first-order valence-electron chi connectivity index (χ1n) is 5.63. The minimum Gasteiger partial charge on any atom is -0.371 e. The van der Waals surface area contributed by atoms with Crippen LogP contribution >= 0.6 is 0 Å². The van der Waals surface area contributed by atoms with Crippen LogP contribution < -0.4 is 4.90 Å². The first-order chi connectivity index (χ1) is 6.83. The molecule has 1 aromatic carbocycles. The second-order valence-electron chi connectivity index (χ2n) is 4.89. The van der Waals surface area contributed by atoms with Crippen LogP contribution in [0.1, 0.15) is 18.4 Å². The smallest absolute Gasteiger partial charge is 0.0396 e. The Kier molecular flexibility index (Phi) is 1.79. The fraction of sp³-hybridized carbons (Fsp3) is 0.538. The summed E-state index contributed by atoms with van der Waals surface area (Å²) in [6, 6.07) is 8.77. The van der Waals surface area contributed by atoms with Crippen LogP contribution in [0.4, 0.5) is 5.69 Å². The number of aryl methyl sites for hydroxylation is 1. The van der Waals surface area contributed by atoms with Crippen molar-refractivity contribution >= 4 is 5.69 Å². The zero-order valence-electron chi connectivity index (χ0n) is 8.74. The monoisotopic (exact) mass is 187 g/mol. The van der Waals surface area contributed by atoms with Gasteiger partial charge in [0.1, 0.15) is 0 Å². The topological polar surface area (TPSA) is 3.24 Å². The van der Waals surface area contributed by atoms with Crippen LogP contribution in [0, 0.1) is 18.8 Å². The second-order valence-corrected chi connectivity index (χ2v) is 4.89. The van der Waals surface area contributed by atoms with E-state index >= 15 is 0 Å². The average Bonchev–Trinajstić information content (AvgIpc) is 2.17. The first kappa shape index (κ1) is 8.34. The molecule has 1 heteroatoms. The summed E-state index contributed by atoms with van der Waals surface area (Å²) >= 11 is 0. The second kappa shape index (κ2) is 3.01. The van der Waals surface area contributed by atoms with E-state index < -0.39 is 0 Å². The van der Waals surface area contributed by atoms with E-state index in [0.717, 1.165) is 11.8 Å². The minimum atomic E-state index is 0.994. The fourth-order valence-corrected chi connectivity index (χ4v) is 2.98. The average molecular weight is 187 g/mol. The van der Waals surface area contributed by atoms with Gasteiger partial charge in [-0.15, -0.1) is 0 Å². The van der Waals surface area contributed by atoms with Crippen molar-refractivity contribution in [2.75, 3.05) is 18.0 Å². The Morgan fingerprint density at radius 1 is 1.07 bits per heavy atom. The van der Waals surface area contributed by atoms with Gasteiger partial charge in [0.15, 0.2) is 0 Å². The lowest BCUT2D eigenvalue weighted by Crippen LogP contribution is -2.48. The lowest BCUT2D eigenvalue weighted by atomic mass is 9.71. The van der Waals surface area contributed by atoms with Gasteiger partial charge in [-0.05, 0) is 43.2 Å². The molecule has 0 atom stereocenters. The van der Waals surface area contributed by atoms with Crippen LogP contribution in [-0.2, 0) is 0 Å². The quantitative estimate of drug-likeness (QED) is 0.653. The number of fused-ring (bicyclic) bond motifs is 2. The van der Waals surface area contributed by atoms with E-state index in [4.69, 9.17) is 0 Å². The van der Waals surface area contributed by atoms with E-state index in [1.807, 2.05) is 0 Å². The van der Waals surface area contributed by atoms with Gasteiger partial charge in [-0.25, -0.2) is 0 Å².